The van der Waals surface area contributed by atoms with Crippen molar-refractivity contribution in [1.29, 1.82) is 0 Å². The molecule has 0 saturated carbocycles. The minimum atomic E-state index is 0.104. The molecule has 1 aliphatic heterocycles. The lowest BCUT2D eigenvalue weighted by Gasteiger charge is -2.29. The summed E-state index contributed by atoms with van der Waals surface area (Å²) in [6, 6.07) is 4.01. The average Bonchev–Trinajstić information content (AvgIpc) is 2.39. The van der Waals surface area contributed by atoms with Crippen LogP contribution in [0.5, 0.6) is 5.75 Å². The van der Waals surface area contributed by atoms with Crippen molar-refractivity contribution in [2.45, 2.75) is 51.8 Å². The van der Waals surface area contributed by atoms with Crippen molar-refractivity contribution in [3.63, 3.8) is 0 Å². The summed E-state index contributed by atoms with van der Waals surface area (Å²) in [5, 5.41) is 3.45. The summed E-state index contributed by atoms with van der Waals surface area (Å²) < 4.78 is 6.08. The monoisotopic (exact) mass is 277 g/mol. The van der Waals surface area contributed by atoms with Crippen LogP contribution in [0.4, 0.5) is 0 Å². The molecule has 20 heavy (non-hydrogen) atoms. The van der Waals surface area contributed by atoms with Gasteiger partial charge in [0.2, 0.25) is 0 Å². The third-order valence-electron chi connectivity index (χ3n) is 3.56. The van der Waals surface area contributed by atoms with Gasteiger partial charge in [-0.15, -0.1) is 0 Å². The predicted molar refractivity (Wildman–Crippen MR) is 82.0 cm³/mol. The van der Waals surface area contributed by atoms with Crippen molar-refractivity contribution in [2.24, 2.45) is 0 Å². The first-order valence-corrected chi connectivity index (χ1v) is 7.47. The molecule has 112 valence electrons. The topological polar surface area (TPSA) is 37.4 Å². The fraction of sp³-hybridized carbons (Fsp3) is 0.688. The molecule has 4 heteroatoms. The van der Waals surface area contributed by atoms with Gasteiger partial charge in [0, 0.05) is 37.4 Å². The van der Waals surface area contributed by atoms with E-state index >= 15 is 0 Å². The first kappa shape index (κ1) is 15.3. The summed E-state index contributed by atoms with van der Waals surface area (Å²) in [6.07, 6.45) is 4.39. The van der Waals surface area contributed by atoms with Crippen LogP contribution in [0, 0.1) is 0 Å². The molecule has 1 fully saturated rings. The Hall–Kier alpha value is -1.13. The molecule has 0 spiro atoms. The molecule has 2 heterocycles. The Labute approximate surface area is 122 Å². The lowest BCUT2D eigenvalue weighted by molar-refractivity contribution is 0.114. The SMILES string of the molecule is CN1CCC(Oc2ccnc(CNC(C)(C)C)c2)CC1. The van der Waals surface area contributed by atoms with Gasteiger partial charge in [-0.05, 0) is 46.7 Å². The lowest BCUT2D eigenvalue weighted by atomic mass is 10.1. The zero-order chi connectivity index (χ0) is 14.6. The summed E-state index contributed by atoms with van der Waals surface area (Å²) in [6.45, 7) is 9.49. The number of hydrogen-bond acceptors (Lipinski definition) is 4. The van der Waals surface area contributed by atoms with E-state index in [0.717, 1.165) is 43.9 Å². The molecule has 0 aliphatic carbocycles. The standard InChI is InChI=1S/C16H27N3O/c1-16(2,3)18-12-13-11-15(5-8-17-13)20-14-6-9-19(4)10-7-14/h5,8,11,14,18H,6-7,9-10,12H2,1-4H3. The highest BCUT2D eigenvalue weighted by molar-refractivity contribution is 5.23. The van der Waals surface area contributed by atoms with Crippen LogP contribution in [0.1, 0.15) is 39.3 Å². The summed E-state index contributed by atoms with van der Waals surface area (Å²) >= 11 is 0. The van der Waals surface area contributed by atoms with Crippen molar-refractivity contribution in [3.8, 4) is 5.75 Å². The molecule has 0 bridgehead atoms. The fourth-order valence-electron chi connectivity index (χ4n) is 2.28. The molecule has 1 N–H and O–H groups in total. The van der Waals surface area contributed by atoms with Gasteiger partial charge in [-0.1, -0.05) is 0 Å². The number of hydrogen-bond donors (Lipinski definition) is 1. The zero-order valence-corrected chi connectivity index (χ0v) is 13.1. The molecule has 0 amide bonds. The van der Waals surface area contributed by atoms with E-state index in [4.69, 9.17) is 4.74 Å². The van der Waals surface area contributed by atoms with Crippen LogP contribution in [0.25, 0.3) is 0 Å². The number of ether oxygens (including phenoxy) is 1. The Morgan fingerprint density at radius 3 is 2.70 bits per heavy atom. The number of aromatic nitrogens is 1. The summed E-state index contributed by atoms with van der Waals surface area (Å²) in [5.41, 5.74) is 1.14. The fourth-order valence-corrected chi connectivity index (χ4v) is 2.28. The summed E-state index contributed by atoms with van der Waals surface area (Å²) in [4.78, 5) is 6.75. The molecule has 4 nitrogen and oxygen atoms in total. The van der Waals surface area contributed by atoms with Crippen LogP contribution in [0.3, 0.4) is 0 Å². The van der Waals surface area contributed by atoms with E-state index in [1.54, 1.807) is 0 Å². The van der Waals surface area contributed by atoms with Crippen LogP contribution < -0.4 is 10.1 Å². The Kier molecular flexibility index (Phi) is 5.00. The molecule has 0 unspecified atom stereocenters. The molecule has 0 atom stereocenters. The second kappa shape index (κ2) is 6.55. The Morgan fingerprint density at radius 2 is 2.05 bits per heavy atom. The van der Waals surface area contributed by atoms with E-state index in [2.05, 4.69) is 49.1 Å². The van der Waals surface area contributed by atoms with E-state index in [1.165, 1.54) is 0 Å². The molecule has 1 saturated heterocycles. The highest BCUT2D eigenvalue weighted by Gasteiger charge is 2.18. The third kappa shape index (κ3) is 5.10. The van der Waals surface area contributed by atoms with Gasteiger partial charge >= 0.3 is 0 Å². The molecule has 1 aromatic heterocycles. The Morgan fingerprint density at radius 1 is 1.35 bits per heavy atom. The van der Waals surface area contributed by atoms with E-state index < -0.39 is 0 Å². The number of likely N-dealkylation sites (tertiary alicyclic amines) is 1. The van der Waals surface area contributed by atoms with Crippen molar-refractivity contribution in [1.82, 2.24) is 15.2 Å². The first-order valence-electron chi connectivity index (χ1n) is 7.47. The van der Waals surface area contributed by atoms with Gasteiger partial charge in [-0.2, -0.15) is 0 Å². The molecular formula is C16H27N3O. The predicted octanol–water partition coefficient (Wildman–Crippen LogP) is 2.44. The van der Waals surface area contributed by atoms with Gasteiger partial charge in [-0.3, -0.25) is 4.98 Å². The number of nitrogens with zero attached hydrogens (tertiary/aromatic N) is 2. The molecule has 2 rings (SSSR count). The van der Waals surface area contributed by atoms with Crippen LogP contribution in [0.15, 0.2) is 18.3 Å². The number of nitrogens with one attached hydrogen (secondary N) is 1. The Bertz CT molecular complexity index is 420. The van der Waals surface area contributed by atoms with Crippen molar-refractivity contribution in [2.75, 3.05) is 20.1 Å². The summed E-state index contributed by atoms with van der Waals surface area (Å²) in [7, 11) is 2.17. The van der Waals surface area contributed by atoms with E-state index in [-0.39, 0.29) is 5.54 Å². The quantitative estimate of drug-likeness (QED) is 0.917. The number of piperidine rings is 1. The first-order chi connectivity index (χ1) is 9.42. The normalized spacial score (nSPS) is 18.2. The molecule has 0 aromatic carbocycles. The van der Waals surface area contributed by atoms with E-state index in [0.29, 0.717) is 6.10 Å². The van der Waals surface area contributed by atoms with E-state index in [1.807, 2.05) is 12.3 Å². The zero-order valence-electron chi connectivity index (χ0n) is 13.1. The van der Waals surface area contributed by atoms with Gasteiger partial charge in [0.15, 0.2) is 0 Å². The highest BCUT2D eigenvalue weighted by atomic mass is 16.5. The van der Waals surface area contributed by atoms with Gasteiger partial charge in [0.05, 0.1) is 5.69 Å². The second-order valence-corrected chi connectivity index (χ2v) is 6.71. The van der Waals surface area contributed by atoms with Gasteiger partial charge in [-0.25, -0.2) is 0 Å². The van der Waals surface area contributed by atoms with Crippen LogP contribution in [-0.2, 0) is 6.54 Å². The van der Waals surface area contributed by atoms with Crippen LogP contribution in [-0.4, -0.2) is 41.7 Å². The van der Waals surface area contributed by atoms with Crippen molar-refractivity contribution in [3.05, 3.63) is 24.0 Å². The van der Waals surface area contributed by atoms with Crippen LogP contribution in [0.2, 0.25) is 0 Å². The van der Waals surface area contributed by atoms with E-state index in [9.17, 15) is 0 Å². The Balaban J connectivity index is 1.89. The van der Waals surface area contributed by atoms with Crippen molar-refractivity contribution < 1.29 is 4.74 Å². The van der Waals surface area contributed by atoms with Crippen molar-refractivity contribution >= 4 is 0 Å². The largest absolute Gasteiger partial charge is 0.490 e. The summed E-state index contributed by atoms with van der Waals surface area (Å²) in [5.74, 6) is 0.945. The third-order valence-corrected chi connectivity index (χ3v) is 3.56. The molecular weight excluding hydrogens is 250 g/mol. The molecule has 1 aromatic rings. The number of pyridine rings is 1. The smallest absolute Gasteiger partial charge is 0.123 e. The average molecular weight is 277 g/mol. The lowest BCUT2D eigenvalue weighted by Crippen LogP contribution is -2.36. The second-order valence-electron chi connectivity index (χ2n) is 6.71. The van der Waals surface area contributed by atoms with Gasteiger partial charge in [0.1, 0.15) is 11.9 Å². The highest BCUT2D eigenvalue weighted by Crippen LogP contribution is 2.19. The van der Waals surface area contributed by atoms with Gasteiger partial charge in [0.25, 0.3) is 0 Å². The minimum absolute atomic E-state index is 0.104. The molecule has 1 aliphatic rings. The number of rotatable bonds is 4. The maximum atomic E-state index is 6.08. The van der Waals surface area contributed by atoms with Crippen LogP contribution >= 0.6 is 0 Å². The van der Waals surface area contributed by atoms with Gasteiger partial charge < -0.3 is 15.0 Å². The maximum Gasteiger partial charge on any atom is 0.123 e. The minimum Gasteiger partial charge on any atom is -0.490 e. The maximum absolute atomic E-state index is 6.08. The molecule has 0 radical (unpaired) electrons.